The van der Waals surface area contributed by atoms with Gasteiger partial charge in [0.25, 0.3) is 0 Å². The Morgan fingerprint density at radius 3 is 2.83 bits per heavy atom. The smallest absolute Gasteiger partial charge is 0.326 e. The highest BCUT2D eigenvalue weighted by atomic mass is 16.4. The molecule has 2 rings (SSSR count). The van der Waals surface area contributed by atoms with Gasteiger partial charge in [-0.3, -0.25) is 0 Å². The average molecular weight is 248 g/mol. The quantitative estimate of drug-likeness (QED) is 0.768. The van der Waals surface area contributed by atoms with E-state index in [4.69, 9.17) is 5.11 Å². The molecule has 0 spiro atoms. The number of carboxylic acids is 1. The van der Waals surface area contributed by atoms with Crippen LogP contribution in [0.3, 0.4) is 0 Å². The molecule has 0 amide bonds. The van der Waals surface area contributed by atoms with Crippen LogP contribution in [0.5, 0.6) is 0 Å². The van der Waals surface area contributed by atoms with Gasteiger partial charge in [-0.2, -0.15) is 0 Å². The van der Waals surface area contributed by atoms with Gasteiger partial charge in [-0.15, -0.1) is 0 Å². The van der Waals surface area contributed by atoms with Crippen LogP contribution in [0.15, 0.2) is 6.07 Å². The van der Waals surface area contributed by atoms with Gasteiger partial charge in [-0.1, -0.05) is 6.92 Å². The number of aromatic amines is 1. The maximum Gasteiger partial charge on any atom is 0.326 e. The van der Waals surface area contributed by atoms with Crippen LogP contribution >= 0.6 is 0 Å². The summed E-state index contributed by atoms with van der Waals surface area (Å²) in [5.74, 6) is 0.289. The third kappa shape index (κ3) is 2.27. The highest BCUT2D eigenvalue weighted by Crippen LogP contribution is 2.22. The SMILES string of the molecule is CCC(Nc1nc(C)nc2[nH]c(C)cc12)C(=O)O. The van der Waals surface area contributed by atoms with Gasteiger partial charge in [-0.05, 0) is 26.3 Å². The number of fused-ring (bicyclic) bond motifs is 1. The van der Waals surface area contributed by atoms with Crippen molar-refractivity contribution >= 4 is 22.8 Å². The van der Waals surface area contributed by atoms with E-state index in [9.17, 15) is 4.79 Å². The molecule has 18 heavy (non-hydrogen) atoms. The normalized spacial score (nSPS) is 12.6. The minimum absolute atomic E-state index is 0.489. The number of aromatic nitrogens is 3. The van der Waals surface area contributed by atoms with Crippen molar-refractivity contribution < 1.29 is 9.90 Å². The van der Waals surface area contributed by atoms with E-state index in [0.29, 0.717) is 18.1 Å². The van der Waals surface area contributed by atoms with E-state index in [2.05, 4.69) is 20.3 Å². The number of carboxylic acid groups (broad SMARTS) is 1. The van der Waals surface area contributed by atoms with Crippen molar-refractivity contribution in [3.8, 4) is 0 Å². The lowest BCUT2D eigenvalue weighted by atomic mass is 10.2. The molecule has 0 fully saturated rings. The molecule has 0 saturated carbocycles. The molecule has 6 heteroatoms. The summed E-state index contributed by atoms with van der Waals surface area (Å²) in [6.07, 6.45) is 0.489. The van der Waals surface area contributed by atoms with Crippen LogP contribution in [0.2, 0.25) is 0 Å². The maximum absolute atomic E-state index is 11.0. The largest absolute Gasteiger partial charge is 0.480 e. The Morgan fingerprint density at radius 2 is 2.22 bits per heavy atom. The number of hydrogen-bond donors (Lipinski definition) is 3. The molecule has 6 nitrogen and oxygen atoms in total. The van der Waals surface area contributed by atoms with Crippen LogP contribution in [0.4, 0.5) is 5.82 Å². The fraction of sp³-hybridized carbons (Fsp3) is 0.417. The second-order valence-electron chi connectivity index (χ2n) is 4.28. The van der Waals surface area contributed by atoms with E-state index in [1.807, 2.05) is 19.9 Å². The predicted molar refractivity (Wildman–Crippen MR) is 68.7 cm³/mol. The summed E-state index contributed by atoms with van der Waals surface area (Å²) in [7, 11) is 0. The summed E-state index contributed by atoms with van der Waals surface area (Å²) in [4.78, 5) is 22.7. The Balaban J connectivity index is 2.46. The highest BCUT2D eigenvalue weighted by Gasteiger charge is 2.17. The number of nitrogens with one attached hydrogen (secondary N) is 2. The van der Waals surface area contributed by atoms with Crippen molar-refractivity contribution in [3.63, 3.8) is 0 Å². The van der Waals surface area contributed by atoms with Gasteiger partial charge in [0.05, 0.1) is 5.39 Å². The van der Waals surface area contributed by atoms with E-state index in [0.717, 1.165) is 16.7 Å². The Bertz CT molecular complexity index is 591. The van der Waals surface area contributed by atoms with Crippen molar-refractivity contribution in [3.05, 3.63) is 17.6 Å². The molecule has 0 bridgehead atoms. The molecule has 2 aromatic heterocycles. The van der Waals surface area contributed by atoms with Gasteiger partial charge >= 0.3 is 5.97 Å². The predicted octanol–water partition coefficient (Wildman–Crippen LogP) is 1.85. The summed E-state index contributed by atoms with van der Waals surface area (Å²) < 4.78 is 0. The Morgan fingerprint density at radius 1 is 1.50 bits per heavy atom. The van der Waals surface area contributed by atoms with E-state index in [1.165, 1.54) is 0 Å². The Labute approximate surface area is 104 Å². The maximum atomic E-state index is 11.0. The molecule has 1 unspecified atom stereocenters. The molecule has 0 aliphatic heterocycles. The minimum atomic E-state index is -0.880. The van der Waals surface area contributed by atoms with Crippen molar-refractivity contribution in [2.24, 2.45) is 0 Å². The molecule has 96 valence electrons. The average Bonchev–Trinajstić information content (AvgIpc) is 2.65. The fourth-order valence-electron chi connectivity index (χ4n) is 1.87. The lowest BCUT2D eigenvalue weighted by molar-refractivity contribution is -0.137. The third-order valence-corrected chi connectivity index (χ3v) is 2.75. The first-order valence-electron chi connectivity index (χ1n) is 5.84. The molecule has 1 atom stereocenters. The van der Waals surface area contributed by atoms with Gasteiger partial charge in [0.2, 0.25) is 0 Å². The Kier molecular flexibility index (Phi) is 3.18. The molecule has 3 N–H and O–H groups in total. The number of H-pyrrole nitrogens is 1. The summed E-state index contributed by atoms with van der Waals surface area (Å²) in [6, 6.07) is 1.27. The summed E-state index contributed by atoms with van der Waals surface area (Å²) >= 11 is 0. The van der Waals surface area contributed by atoms with Crippen LogP contribution in [0.1, 0.15) is 24.9 Å². The van der Waals surface area contributed by atoms with Gasteiger partial charge in [0.1, 0.15) is 23.3 Å². The Hall–Kier alpha value is -2.11. The topological polar surface area (TPSA) is 90.9 Å². The van der Waals surface area contributed by atoms with Gasteiger partial charge in [0.15, 0.2) is 0 Å². The summed E-state index contributed by atoms with van der Waals surface area (Å²) in [5, 5.41) is 12.8. The number of rotatable bonds is 4. The standard InChI is InChI=1S/C12H16N4O2/c1-4-9(12(17)18)16-11-8-5-6(2)13-10(8)14-7(3)15-11/h5,9H,4H2,1-3H3,(H,17,18)(H2,13,14,15,16). The molecule has 2 aromatic rings. The van der Waals surface area contributed by atoms with Gasteiger partial charge < -0.3 is 15.4 Å². The van der Waals surface area contributed by atoms with Crippen molar-refractivity contribution in [2.75, 3.05) is 5.32 Å². The first kappa shape index (κ1) is 12.3. The molecular weight excluding hydrogens is 232 g/mol. The van der Waals surface area contributed by atoms with E-state index in [-0.39, 0.29) is 0 Å². The van der Waals surface area contributed by atoms with Crippen LogP contribution in [-0.2, 0) is 4.79 Å². The molecule has 2 heterocycles. The number of anilines is 1. The second kappa shape index (κ2) is 4.64. The number of nitrogens with zero attached hydrogens (tertiary/aromatic N) is 2. The number of hydrogen-bond acceptors (Lipinski definition) is 4. The molecule has 0 aliphatic carbocycles. The fourth-order valence-corrected chi connectivity index (χ4v) is 1.87. The molecule has 0 aromatic carbocycles. The summed E-state index contributed by atoms with van der Waals surface area (Å²) in [6.45, 7) is 5.53. The summed E-state index contributed by atoms with van der Waals surface area (Å²) in [5.41, 5.74) is 1.69. The van der Waals surface area contributed by atoms with Crippen LogP contribution in [0, 0.1) is 13.8 Å². The van der Waals surface area contributed by atoms with Gasteiger partial charge in [0, 0.05) is 5.69 Å². The van der Waals surface area contributed by atoms with Crippen molar-refractivity contribution in [2.45, 2.75) is 33.2 Å². The monoisotopic (exact) mass is 248 g/mol. The van der Waals surface area contributed by atoms with Crippen LogP contribution in [-0.4, -0.2) is 32.1 Å². The zero-order chi connectivity index (χ0) is 13.3. The first-order valence-corrected chi connectivity index (χ1v) is 5.84. The minimum Gasteiger partial charge on any atom is -0.480 e. The molecular formula is C12H16N4O2. The lowest BCUT2D eigenvalue weighted by Gasteiger charge is -2.13. The van der Waals surface area contributed by atoms with Crippen molar-refractivity contribution in [1.82, 2.24) is 15.0 Å². The molecule has 0 radical (unpaired) electrons. The first-order chi connectivity index (χ1) is 8.51. The second-order valence-corrected chi connectivity index (χ2v) is 4.28. The van der Waals surface area contributed by atoms with E-state index >= 15 is 0 Å². The van der Waals surface area contributed by atoms with Gasteiger partial charge in [-0.25, -0.2) is 14.8 Å². The third-order valence-electron chi connectivity index (χ3n) is 2.75. The molecule has 0 saturated heterocycles. The zero-order valence-corrected chi connectivity index (χ0v) is 10.6. The zero-order valence-electron chi connectivity index (χ0n) is 10.6. The van der Waals surface area contributed by atoms with Crippen molar-refractivity contribution in [1.29, 1.82) is 0 Å². The number of carbonyl (C=O) groups is 1. The van der Waals surface area contributed by atoms with Crippen LogP contribution < -0.4 is 5.32 Å². The number of aryl methyl sites for hydroxylation is 2. The van der Waals surface area contributed by atoms with Crippen LogP contribution in [0.25, 0.3) is 11.0 Å². The van der Waals surface area contributed by atoms with E-state index in [1.54, 1.807) is 6.92 Å². The highest BCUT2D eigenvalue weighted by molar-refractivity contribution is 5.90. The number of aliphatic carboxylic acids is 1. The lowest BCUT2D eigenvalue weighted by Crippen LogP contribution is -2.28. The van der Waals surface area contributed by atoms with E-state index < -0.39 is 12.0 Å². The molecule has 0 aliphatic rings.